The van der Waals surface area contributed by atoms with E-state index in [2.05, 4.69) is 172 Å². The lowest BCUT2D eigenvalue weighted by Crippen LogP contribution is -2.10. The van der Waals surface area contributed by atoms with E-state index in [9.17, 15) is 0 Å². The Hall–Kier alpha value is -6.79. The predicted octanol–water partition coefficient (Wildman–Crippen LogP) is 15.1. The molecule has 0 amide bonds. The van der Waals surface area contributed by atoms with Gasteiger partial charge in [-0.2, -0.15) is 0 Å². The zero-order valence-corrected chi connectivity index (χ0v) is 31.4. The molecule has 0 aliphatic carbocycles. The van der Waals surface area contributed by atoms with Gasteiger partial charge in [-0.1, -0.05) is 84.4 Å². The molecule has 56 heavy (non-hydrogen) atoms. The molecule has 4 nitrogen and oxygen atoms in total. The molecule has 0 unspecified atom stereocenters. The van der Waals surface area contributed by atoms with E-state index >= 15 is 0 Å². The topological polar surface area (TPSA) is 26.2 Å². The van der Waals surface area contributed by atoms with Gasteiger partial charge in [-0.05, 0) is 109 Å². The number of aromatic nitrogens is 2. The number of fused-ring (bicyclic) bond motifs is 11. The number of furan rings is 1. The number of nitrogens with zero attached hydrogens (tertiary/aromatic N) is 3. The first-order valence-electron chi connectivity index (χ1n) is 18.7. The third-order valence-electron chi connectivity index (χ3n) is 11.1. The molecule has 12 aromatic rings. The van der Waals surface area contributed by atoms with Crippen LogP contribution >= 0.6 is 22.9 Å². The van der Waals surface area contributed by atoms with E-state index in [1.165, 1.54) is 42.0 Å². The van der Waals surface area contributed by atoms with Gasteiger partial charge >= 0.3 is 0 Å². The Kier molecular flexibility index (Phi) is 6.82. The molecule has 4 aromatic heterocycles. The Morgan fingerprint density at radius 3 is 1.88 bits per heavy atom. The molecule has 264 valence electrons. The highest BCUT2D eigenvalue weighted by Gasteiger charge is 2.23. The Morgan fingerprint density at radius 2 is 1.05 bits per heavy atom. The Morgan fingerprint density at radius 1 is 0.429 bits per heavy atom. The molecule has 0 bridgehead atoms. The van der Waals surface area contributed by atoms with Gasteiger partial charge in [0.2, 0.25) is 5.71 Å². The number of thiophene rings is 1. The van der Waals surface area contributed by atoms with E-state index in [4.69, 9.17) is 16.0 Å². The van der Waals surface area contributed by atoms with Crippen molar-refractivity contribution in [3.05, 3.63) is 187 Å². The highest BCUT2D eigenvalue weighted by molar-refractivity contribution is 7.25. The number of para-hydroxylation sites is 3. The summed E-state index contributed by atoms with van der Waals surface area (Å²) in [5.74, 6) is 0. The largest absolute Gasteiger partial charge is 0.439 e. The highest BCUT2D eigenvalue weighted by atomic mass is 35.5. The normalized spacial score (nSPS) is 12.0. The number of rotatable bonds is 5. The van der Waals surface area contributed by atoms with Crippen LogP contribution in [0.5, 0.6) is 0 Å². The second-order valence-electron chi connectivity index (χ2n) is 14.3. The summed E-state index contributed by atoms with van der Waals surface area (Å²) < 4.78 is 13.8. The second-order valence-corrected chi connectivity index (χ2v) is 15.8. The molecule has 0 radical (unpaired) electrons. The van der Waals surface area contributed by atoms with Crippen LogP contribution in [0.25, 0.3) is 86.3 Å². The lowest BCUT2D eigenvalue weighted by atomic mass is 10.1. The van der Waals surface area contributed by atoms with Crippen LogP contribution < -0.4 is 4.90 Å². The number of halogens is 1. The van der Waals surface area contributed by atoms with Crippen molar-refractivity contribution < 1.29 is 4.42 Å². The molecule has 0 saturated carbocycles. The quantitative estimate of drug-likeness (QED) is 0.175. The number of hydrogen-bond acceptors (Lipinski definition) is 3. The molecular weight excluding hydrogens is 726 g/mol. The Labute approximate surface area is 330 Å². The Balaban J connectivity index is 1.15. The van der Waals surface area contributed by atoms with Crippen molar-refractivity contribution in [1.82, 2.24) is 9.13 Å². The molecule has 12 rings (SSSR count). The third kappa shape index (κ3) is 4.65. The van der Waals surface area contributed by atoms with E-state index in [1.54, 1.807) is 0 Å². The van der Waals surface area contributed by atoms with Gasteiger partial charge in [-0.15, -0.1) is 11.3 Å². The zero-order valence-electron chi connectivity index (χ0n) is 29.9. The highest BCUT2D eigenvalue weighted by Crippen LogP contribution is 2.46. The summed E-state index contributed by atoms with van der Waals surface area (Å²) in [5.41, 5.74) is 10.4. The smallest absolute Gasteiger partial charge is 0.213 e. The minimum Gasteiger partial charge on any atom is -0.439 e. The van der Waals surface area contributed by atoms with Crippen molar-refractivity contribution in [3.63, 3.8) is 0 Å². The van der Waals surface area contributed by atoms with Crippen molar-refractivity contribution in [2.75, 3.05) is 4.90 Å². The lowest BCUT2D eigenvalue weighted by Gasteiger charge is -2.26. The van der Waals surface area contributed by atoms with E-state index in [0.717, 1.165) is 61.4 Å². The first kappa shape index (κ1) is 31.5. The van der Waals surface area contributed by atoms with Crippen LogP contribution in [-0.4, -0.2) is 9.13 Å². The van der Waals surface area contributed by atoms with Crippen molar-refractivity contribution in [2.45, 2.75) is 0 Å². The van der Waals surface area contributed by atoms with Gasteiger partial charge in [0.05, 0.1) is 21.9 Å². The van der Waals surface area contributed by atoms with Gasteiger partial charge in [0.25, 0.3) is 0 Å². The summed E-state index contributed by atoms with van der Waals surface area (Å²) >= 11 is 8.42. The average molecular weight is 756 g/mol. The number of anilines is 3. The molecule has 4 heterocycles. The van der Waals surface area contributed by atoms with Crippen molar-refractivity contribution in [3.8, 4) is 11.4 Å². The van der Waals surface area contributed by atoms with Gasteiger partial charge < -0.3 is 13.9 Å². The molecule has 0 atom stereocenters. The summed E-state index contributed by atoms with van der Waals surface area (Å²) in [7, 11) is 0. The standard InChI is InChI=1S/C50H30ClN3OS/c51-31-19-25-46-42(27-31)49-39-23-20-36(30-45(39)54(50(49)55-46)33-13-5-2-6-14-33)52(35-22-26-48-41(29-35)38-16-8-10-18-47(38)56-48)34-21-24-44-40(28-34)37-15-7-9-17-43(37)53(44)32-11-3-1-4-12-32/h1-30H. The molecule has 0 N–H and O–H groups in total. The van der Waals surface area contributed by atoms with Crippen LogP contribution in [0.15, 0.2) is 186 Å². The van der Waals surface area contributed by atoms with Crippen molar-refractivity contribution in [2.24, 2.45) is 0 Å². The van der Waals surface area contributed by atoms with Crippen LogP contribution in [0.3, 0.4) is 0 Å². The van der Waals surface area contributed by atoms with Gasteiger partial charge in [0, 0.05) is 75.2 Å². The molecular formula is C50H30ClN3OS. The fourth-order valence-electron chi connectivity index (χ4n) is 8.73. The number of benzene rings is 8. The van der Waals surface area contributed by atoms with Crippen LogP contribution in [0, 0.1) is 0 Å². The van der Waals surface area contributed by atoms with Gasteiger partial charge in [-0.3, -0.25) is 4.57 Å². The summed E-state index contributed by atoms with van der Waals surface area (Å²) in [5, 5.41) is 8.79. The maximum absolute atomic E-state index is 6.65. The van der Waals surface area contributed by atoms with E-state index in [-0.39, 0.29) is 0 Å². The average Bonchev–Trinajstić information content (AvgIpc) is 3.98. The van der Waals surface area contributed by atoms with E-state index < -0.39 is 0 Å². The molecule has 0 aliphatic heterocycles. The molecule has 8 aromatic carbocycles. The minimum atomic E-state index is 0.684. The van der Waals surface area contributed by atoms with Gasteiger partial charge in [-0.25, -0.2) is 0 Å². The maximum Gasteiger partial charge on any atom is 0.213 e. The molecule has 0 fully saturated rings. The molecule has 6 heteroatoms. The van der Waals surface area contributed by atoms with Crippen LogP contribution in [0.4, 0.5) is 17.1 Å². The molecule has 0 aliphatic rings. The fraction of sp³-hybridized carbons (Fsp3) is 0. The first-order chi connectivity index (χ1) is 27.7. The Bertz CT molecular complexity index is 3500. The predicted molar refractivity (Wildman–Crippen MR) is 237 cm³/mol. The van der Waals surface area contributed by atoms with Crippen molar-refractivity contribution in [1.29, 1.82) is 0 Å². The molecule has 0 saturated heterocycles. The summed E-state index contributed by atoms with van der Waals surface area (Å²) in [6, 6.07) is 64.9. The zero-order chi connectivity index (χ0) is 36.9. The van der Waals surface area contributed by atoms with Crippen molar-refractivity contribution >= 4 is 115 Å². The maximum atomic E-state index is 6.65. The van der Waals surface area contributed by atoms with Gasteiger partial charge in [0.15, 0.2) is 0 Å². The first-order valence-corrected chi connectivity index (χ1v) is 19.9. The summed E-state index contributed by atoms with van der Waals surface area (Å²) in [6.45, 7) is 0. The second kappa shape index (κ2) is 12.1. The van der Waals surface area contributed by atoms with E-state index in [1.807, 2.05) is 35.6 Å². The monoisotopic (exact) mass is 755 g/mol. The third-order valence-corrected chi connectivity index (χ3v) is 12.5. The fourth-order valence-corrected chi connectivity index (χ4v) is 9.99. The van der Waals surface area contributed by atoms with Crippen LogP contribution in [0.1, 0.15) is 0 Å². The van der Waals surface area contributed by atoms with Crippen LogP contribution in [0.2, 0.25) is 5.02 Å². The lowest BCUT2D eigenvalue weighted by molar-refractivity contribution is 0.645. The summed E-state index contributed by atoms with van der Waals surface area (Å²) in [6.07, 6.45) is 0. The SMILES string of the molecule is Clc1ccc2oc3c(c2c1)c1ccc(N(c2ccc4sc5ccccc5c4c2)c2ccc4c(c2)c2ccccc2n4-c2ccccc2)cc1n3-c1ccccc1. The van der Waals surface area contributed by atoms with Crippen LogP contribution in [-0.2, 0) is 0 Å². The summed E-state index contributed by atoms with van der Waals surface area (Å²) in [4.78, 5) is 2.40. The number of hydrogen-bond donors (Lipinski definition) is 0. The molecule has 0 spiro atoms. The van der Waals surface area contributed by atoms with E-state index in [0.29, 0.717) is 5.02 Å². The van der Waals surface area contributed by atoms with Gasteiger partial charge in [0.1, 0.15) is 5.58 Å². The minimum absolute atomic E-state index is 0.684.